The van der Waals surface area contributed by atoms with Gasteiger partial charge in [-0.15, -0.1) is 0 Å². The summed E-state index contributed by atoms with van der Waals surface area (Å²) in [5, 5.41) is 4.54. The molecule has 1 saturated carbocycles. The van der Waals surface area contributed by atoms with Gasteiger partial charge in [-0.05, 0) is 69.0 Å². The quantitative estimate of drug-likeness (QED) is 0.908. The highest BCUT2D eigenvalue weighted by atomic mass is 35.5. The molecule has 2 nitrogen and oxygen atoms in total. The summed E-state index contributed by atoms with van der Waals surface area (Å²) < 4.78 is 0. The van der Waals surface area contributed by atoms with E-state index in [0.717, 1.165) is 23.5 Å². The third kappa shape index (κ3) is 2.96. The minimum absolute atomic E-state index is 0.545. The first-order valence-corrected chi connectivity index (χ1v) is 7.72. The highest BCUT2D eigenvalue weighted by Gasteiger charge is 2.34. The Bertz CT molecular complexity index is 456. The van der Waals surface area contributed by atoms with Crippen molar-refractivity contribution in [2.75, 3.05) is 20.1 Å². The Hall–Kier alpha value is -0.570. The van der Waals surface area contributed by atoms with Crippen molar-refractivity contribution in [1.29, 1.82) is 0 Å². The molecule has 1 aliphatic carbocycles. The summed E-state index contributed by atoms with van der Waals surface area (Å²) in [4.78, 5) is 2.50. The normalized spacial score (nSPS) is 27.9. The predicted octanol–water partition coefficient (Wildman–Crippen LogP) is 3.39. The molecule has 1 aromatic rings. The summed E-state index contributed by atoms with van der Waals surface area (Å²) in [6, 6.07) is 7.69. The van der Waals surface area contributed by atoms with Gasteiger partial charge in [-0.2, -0.15) is 0 Å². The van der Waals surface area contributed by atoms with E-state index in [9.17, 15) is 0 Å². The highest BCUT2D eigenvalue weighted by molar-refractivity contribution is 6.30. The van der Waals surface area contributed by atoms with Gasteiger partial charge >= 0.3 is 0 Å². The van der Waals surface area contributed by atoms with Crippen molar-refractivity contribution < 1.29 is 0 Å². The molecule has 0 amide bonds. The molecule has 0 bridgehead atoms. The van der Waals surface area contributed by atoms with Gasteiger partial charge in [0.05, 0.1) is 0 Å². The maximum absolute atomic E-state index is 6.08. The molecule has 1 N–H and O–H groups in total. The van der Waals surface area contributed by atoms with Crippen molar-refractivity contribution in [2.45, 2.75) is 38.3 Å². The van der Waals surface area contributed by atoms with Crippen LogP contribution in [0.25, 0.3) is 0 Å². The molecule has 3 heteroatoms. The van der Waals surface area contributed by atoms with Gasteiger partial charge < -0.3 is 5.32 Å². The van der Waals surface area contributed by atoms with Crippen molar-refractivity contribution in [1.82, 2.24) is 10.2 Å². The van der Waals surface area contributed by atoms with E-state index in [1.807, 2.05) is 6.07 Å². The lowest BCUT2D eigenvalue weighted by Gasteiger charge is -2.27. The molecule has 0 aromatic heterocycles. The Balaban J connectivity index is 1.77. The molecule has 2 unspecified atom stereocenters. The third-order valence-corrected chi connectivity index (χ3v) is 4.81. The van der Waals surface area contributed by atoms with Gasteiger partial charge in [-0.1, -0.05) is 17.7 Å². The Morgan fingerprint density at radius 2 is 2.11 bits per heavy atom. The lowest BCUT2D eigenvalue weighted by molar-refractivity contribution is 0.271. The van der Waals surface area contributed by atoms with E-state index in [1.165, 1.54) is 36.9 Å². The minimum atomic E-state index is 0.545. The van der Waals surface area contributed by atoms with Crippen LogP contribution in [0.3, 0.4) is 0 Å². The number of halogens is 1. The fraction of sp³-hybridized carbons (Fsp3) is 0.625. The average Bonchev–Trinajstić information content (AvgIpc) is 3.12. The molecular weight excluding hydrogens is 256 g/mol. The van der Waals surface area contributed by atoms with Crippen LogP contribution in [0.15, 0.2) is 18.2 Å². The highest BCUT2D eigenvalue weighted by Crippen LogP contribution is 2.38. The molecule has 1 aromatic carbocycles. The third-order valence-electron chi connectivity index (χ3n) is 4.57. The van der Waals surface area contributed by atoms with Crippen LogP contribution < -0.4 is 5.32 Å². The zero-order chi connectivity index (χ0) is 13.4. The minimum Gasteiger partial charge on any atom is -0.314 e. The first-order chi connectivity index (χ1) is 9.15. The second-order valence-electron chi connectivity index (χ2n) is 6.16. The van der Waals surface area contributed by atoms with Gasteiger partial charge in [-0.25, -0.2) is 0 Å². The van der Waals surface area contributed by atoms with Gasteiger partial charge in [0.25, 0.3) is 0 Å². The molecule has 2 fully saturated rings. The zero-order valence-corrected chi connectivity index (χ0v) is 12.6. The molecule has 2 atom stereocenters. The summed E-state index contributed by atoms with van der Waals surface area (Å²) in [7, 11) is 2.25. The Morgan fingerprint density at radius 1 is 1.32 bits per heavy atom. The number of likely N-dealkylation sites (tertiary alicyclic amines) is 1. The summed E-state index contributed by atoms with van der Waals surface area (Å²) in [6.07, 6.45) is 4.03. The molecule has 0 radical (unpaired) electrons. The number of benzene rings is 1. The molecule has 2 aliphatic rings. The summed E-state index contributed by atoms with van der Waals surface area (Å²) in [5.74, 6) is 0.727. The molecule has 104 valence electrons. The number of rotatable bonds is 4. The van der Waals surface area contributed by atoms with E-state index in [4.69, 9.17) is 11.6 Å². The van der Waals surface area contributed by atoms with E-state index in [1.54, 1.807) is 0 Å². The molecule has 0 spiro atoms. The monoisotopic (exact) mass is 278 g/mol. The first-order valence-electron chi connectivity index (χ1n) is 7.35. The van der Waals surface area contributed by atoms with E-state index in [0.29, 0.717) is 6.04 Å². The van der Waals surface area contributed by atoms with Crippen molar-refractivity contribution in [3.8, 4) is 0 Å². The van der Waals surface area contributed by atoms with Crippen molar-refractivity contribution in [3.05, 3.63) is 34.3 Å². The number of nitrogens with one attached hydrogen (secondary N) is 1. The number of aryl methyl sites for hydroxylation is 1. The largest absolute Gasteiger partial charge is 0.314 e. The van der Waals surface area contributed by atoms with Crippen LogP contribution in [0, 0.1) is 12.8 Å². The van der Waals surface area contributed by atoms with Crippen LogP contribution in [0.5, 0.6) is 0 Å². The van der Waals surface area contributed by atoms with Gasteiger partial charge in [-0.3, -0.25) is 4.90 Å². The lowest BCUT2D eigenvalue weighted by Crippen LogP contribution is -2.30. The second-order valence-corrected chi connectivity index (χ2v) is 6.59. The molecule has 3 rings (SSSR count). The lowest BCUT2D eigenvalue weighted by atomic mass is 9.91. The number of hydrogen-bond acceptors (Lipinski definition) is 2. The maximum atomic E-state index is 6.08. The smallest absolute Gasteiger partial charge is 0.0408 e. The van der Waals surface area contributed by atoms with E-state index >= 15 is 0 Å². The first kappa shape index (κ1) is 13.4. The van der Waals surface area contributed by atoms with Crippen LogP contribution in [0.1, 0.15) is 36.4 Å². The zero-order valence-electron chi connectivity index (χ0n) is 11.8. The average molecular weight is 279 g/mol. The van der Waals surface area contributed by atoms with Crippen LogP contribution in [0.2, 0.25) is 5.02 Å². The summed E-state index contributed by atoms with van der Waals surface area (Å²) in [6.45, 7) is 4.53. The van der Waals surface area contributed by atoms with Crippen LogP contribution in [-0.4, -0.2) is 31.1 Å². The van der Waals surface area contributed by atoms with Gasteiger partial charge in [0.15, 0.2) is 0 Å². The fourth-order valence-corrected chi connectivity index (χ4v) is 3.53. The van der Waals surface area contributed by atoms with Crippen molar-refractivity contribution in [3.63, 3.8) is 0 Å². The van der Waals surface area contributed by atoms with Crippen molar-refractivity contribution in [2.24, 2.45) is 5.92 Å². The SMILES string of the molecule is Cc1cc(Cl)ccc1C1C(CNC2CC2)CCN1C. The number of nitrogens with zero attached hydrogens (tertiary/aromatic N) is 1. The summed E-state index contributed by atoms with van der Waals surface area (Å²) in [5.41, 5.74) is 2.77. The van der Waals surface area contributed by atoms with E-state index in [-0.39, 0.29) is 0 Å². The molecule has 1 aliphatic heterocycles. The summed E-state index contributed by atoms with van der Waals surface area (Å²) >= 11 is 6.08. The molecule has 1 saturated heterocycles. The van der Waals surface area contributed by atoms with E-state index in [2.05, 4.69) is 36.3 Å². The Kier molecular flexibility index (Phi) is 3.84. The molecule has 19 heavy (non-hydrogen) atoms. The van der Waals surface area contributed by atoms with Gasteiger partial charge in [0.2, 0.25) is 0 Å². The fourth-order valence-electron chi connectivity index (χ4n) is 3.31. The Morgan fingerprint density at radius 3 is 2.79 bits per heavy atom. The predicted molar refractivity (Wildman–Crippen MR) is 80.7 cm³/mol. The topological polar surface area (TPSA) is 15.3 Å². The molecule has 1 heterocycles. The van der Waals surface area contributed by atoms with Crippen LogP contribution >= 0.6 is 11.6 Å². The van der Waals surface area contributed by atoms with Crippen LogP contribution in [0.4, 0.5) is 0 Å². The maximum Gasteiger partial charge on any atom is 0.0408 e. The second kappa shape index (κ2) is 5.43. The van der Waals surface area contributed by atoms with Gasteiger partial charge in [0, 0.05) is 23.7 Å². The van der Waals surface area contributed by atoms with Gasteiger partial charge in [0.1, 0.15) is 0 Å². The van der Waals surface area contributed by atoms with Crippen molar-refractivity contribution >= 4 is 11.6 Å². The van der Waals surface area contributed by atoms with E-state index < -0.39 is 0 Å². The Labute approximate surface area is 121 Å². The molecular formula is C16H23ClN2. The number of hydrogen-bond donors (Lipinski definition) is 1. The standard InChI is InChI=1S/C16H23ClN2/c1-11-9-13(17)3-6-15(11)16-12(7-8-19(16)2)10-18-14-4-5-14/h3,6,9,12,14,16,18H,4-5,7-8,10H2,1-2H3. The van der Waals surface area contributed by atoms with Crippen LogP contribution in [-0.2, 0) is 0 Å².